The van der Waals surface area contributed by atoms with E-state index in [1.165, 1.54) is 18.3 Å². The van der Waals surface area contributed by atoms with Gasteiger partial charge in [-0.3, -0.25) is 4.79 Å². The molecule has 0 saturated heterocycles. The summed E-state index contributed by atoms with van der Waals surface area (Å²) in [6.45, 7) is 1.00. The molecule has 0 spiro atoms. The third kappa shape index (κ3) is 2.93. The normalized spacial score (nSPS) is 17.5. The Morgan fingerprint density at radius 3 is 2.83 bits per heavy atom. The van der Waals surface area contributed by atoms with E-state index in [0.717, 1.165) is 4.57 Å². The smallest absolute Gasteiger partial charge is 0.368 e. The van der Waals surface area contributed by atoms with E-state index in [1.54, 1.807) is 0 Å². The fourth-order valence-corrected chi connectivity index (χ4v) is 3.01. The molecule has 0 fully saturated rings. The van der Waals surface area contributed by atoms with Crippen LogP contribution in [0.3, 0.4) is 0 Å². The standard InChI is InChI=1S/C15H16F3N5O/c1-2-8-6-21-13(24)9-5-11(10-3-4-20-14(19)22-10)23(12(8)9)7-15(16,17)18/h3-5,8H,2,6-7H2,1H3,(H,21,24)(H2,19,20,22)/t8-/m0/s1. The molecule has 3 rings (SSSR count). The van der Waals surface area contributed by atoms with E-state index >= 15 is 0 Å². The van der Waals surface area contributed by atoms with Crippen molar-refractivity contribution in [3.63, 3.8) is 0 Å². The number of hydrogen-bond acceptors (Lipinski definition) is 4. The summed E-state index contributed by atoms with van der Waals surface area (Å²) in [5, 5.41) is 2.71. The molecule has 0 aromatic carbocycles. The molecule has 0 unspecified atom stereocenters. The van der Waals surface area contributed by atoms with Gasteiger partial charge in [-0.15, -0.1) is 0 Å². The average Bonchev–Trinajstić information content (AvgIpc) is 2.86. The maximum atomic E-state index is 13.1. The van der Waals surface area contributed by atoms with Crippen molar-refractivity contribution in [2.24, 2.45) is 0 Å². The lowest BCUT2D eigenvalue weighted by Gasteiger charge is -2.25. The first-order valence-electron chi connectivity index (χ1n) is 7.47. The van der Waals surface area contributed by atoms with Crippen molar-refractivity contribution in [3.05, 3.63) is 29.6 Å². The minimum absolute atomic E-state index is 0.0401. The van der Waals surface area contributed by atoms with Crippen LogP contribution in [0.2, 0.25) is 0 Å². The molecule has 9 heteroatoms. The number of nitrogens with one attached hydrogen (secondary N) is 1. The summed E-state index contributed by atoms with van der Waals surface area (Å²) < 4.78 is 40.5. The minimum Gasteiger partial charge on any atom is -0.368 e. The third-order valence-electron chi connectivity index (χ3n) is 4.05. The number of anilines is 1. The van der Waals surface area contributed by atoms with Crippen LogP contribution in [-0.4, -0.2) is 33.2 Å². The Morgan fingerprint density at radius 2 is 2.21 bits per heavy atom. The van der Waals surface area contributed by atoms with E-state index in [1.807, 2.05) is 6.92 Å². The number of nitrogen functional groups attached to an aromatic ring is 1. The van der Waals surface area contributed by atoms with Crippen molar-refractivity contribution >= 4 is 11.9 Å². The van der Waals surface area contributed by atoms with Crippen molar-refractivity contribution in [2.75, 3.05) is 12.3 Å². The molecule has 0 bridgehead atoms. The molecule has 0 aliphatic carbocycles. The summed E-state index contributed by atoms with van der Waals surface area (Å²) >= 11 is 0. The van der Waals surface area contributed by atoms with Crippen molar-refractivity contribution in [2.45, 2.75) is 32.0 Å². The largest absolute Gasteiger partial charge is 0.406 e. The predicted octanol–water partition coefficient (Wildman–Crippen LogP) is 2.33. The highest BCUT2D eigenvalue weighted by molar-refractivity contribution is 5.98. The van der Waals surface area contributed by atoms with Crippen LogP contribution in [0, 0.1) is 0 Å². The lowest BCUT2D eigenvalue weighted by atomic mass is 9.95. The van der Waals surface area contributed by atoms with Crippen molar-refractivity contribution < 1.29 is 18.0 Å². The highest BCUT2D eigenvalue weighted by Crippen LogP contribution is 2.35. The monoisotopic (exact) mass is 339 g/mol. The van der Waals surface area contributed by atoms with E-state index in [0.29, 0.717) is 18.7 Å². The second-order valence-electron chi connectivity index (χ2n) is 5.65. The lowest BCUT2D eigenvalue weighted by molar-refractivity contribution is -0.140. The zero-order valence-electron chi connectivity index (χ0n) is 12.9. The molecule has 2 aromatic heterocycles. The molecule has 1 atom stereocenters. The first-order chi connectivity index (χ1) is 11.3. The van der Waals surface area contributed by atoms with E-state index in [9.17, 15) is 18.0 Å². The maximum Gasteiger partial charge on any atom is 0.406 e. The number of nitrogens with two attached hydrogens (primary N) is 1. The van der Waals surface area contributed by atoms with Gasteiger partial charge in [0.05, 0.1) is 17.0 Å². The molecule has 0 radical (unpaired) electrons. The van der Waals surface area contributed by atoms with Gasteiger partial charge < -0.3 is 15.6 Å². The van der Waals surface area contributed by atoms with Crippen LogP contribution in [-0.2, 0) is 6.54 Å². The molecule has 1 aliphatic rings. The number of fused-ring (bicyclic) bond motifs is 1. The Balaban J connectivity index is 2.23. The SMILES string of the molecule is CC[C@H]1CNC(=O)c2cc(-c3ccnc(N)n3)n(CC(F)(F)F)c21. The number of aromatic nitrogens is 3. The summed E-state index contributed by atoms with van der Waals surface area (Å²) in [4.78, 5) is 19.9. The van der Waals surface area contributed by atoms with Crippen LogP contribution in [0.5, 0.6) is 0 Å². The highest BCUT2D eigenvalue weighted by Gasteiger charge is 2.36. The molecule has 1 aliphatic heterocycles. The van der Waals surface area contributed by atoms with Gasteiger partial charge in [0.1, 0.15) is 6.54 Å². The van der Waals surface area contributed by atoms with Gasteiger partial charge in [0.25, 0.3) is 5.91 Å². The second kappa shape index (κ2) is 5.81. The fourth-order valence-electron chi connectivity index (χ4n) is 3.01. The minimum atomic E-state index is -4.42. The molecular weight excluding hydrogens is 323 g/mol. The Bertz CT molecular complexity index is 784. The molecule has 1 amide bonds. The van der Waals surface area contributed by atoms with Gasteiger partial charge in [0.2, 0.25) is 5.95 Å². The molecule has 6 nitrogen and oxygen atoms in total. The van der Waals surface area contributed by atoms with E-state index in [4.69, 9.17) is 5.73 Å². The van der Waals surface area contributed by atoms with Crippen LogP contribution in [0.4, 0.5) is 19.1 Å². The molecular formula is C15H16F3N5O. The number of carbonyl (C=O) groups is 1. The average molecular weight is 339 g/mol. The summed E-state index contributed by atoms with van der Waals surface area (Å²) in [5.41, 5.74) is 6.66. The highest BCUT2D eigenvalue weighted by atomic mass is 19.4. The Kier molecular flexibility index (Phi) is 3.94. The summed E-state index contributed by atoms with van der Waals surface area (Å²) in [6, 6.07) is 2.92. The summed E-state index contributed by atoms with van der Waals surface area (Å²) in [7, 11) is 0. The molecule has 3 heterocycles. The molecule has 128 valence electrons. The quantitative estimate of drug-likeness (QED) is 0.899. The Hall–Kier alpha value is -2.58. The molecule has 3 N–H and O–H groups in total. The van der Waals surface area contributed by atoms with Crippen LogP contribution >= 0.6 is 0 Å². The van der Waals surface area contributed by atoms with Gasteiger partial charge >= 0.3 is 6.18 Å². The summed E-state index contributed by atoms with van der Waals surface area (Å²) in [6.07, 6.45) is -2.44. The zero-order chi connectivity index (χ0) is 17.5. The maximum absolute atomic E-state index is 13.1. The second-order valence-corrected chi connectivity index (χ2v) is 5.65. The Morgan fingerprint density at radius 1 is 1.46 bits per heavy atom. The number of halogens is 3. The van der Waals surface area contributed by atoms with Gasteiger partial charge in [-0.2, -0.15) is 13.2 Å². The van der Waals surface area contributed by atoms with Crippen LogP contribution in [0.1, 0.15) is 35.3 Å². The van der Waals surface area contributed by atoms with Crippen LogP contribution in [0.15, 0.2) is 18.3 Å². The number of nitrogens with zero attached hydrogens (tertiary/aromatic N) is 3. The van der Waals surface area contributed by atoms with E-state index in [2.05, 4.69) is 15.3 Å². The first-order valence-corrected chi connectivity index (χ1v) is 7.47. The van der Waals surface area contributed by atoms with E-state index in [-0.39, 0.29) is 34.7 Å². The zero-order valence-corrected chi connectivity index (χ0v) is 12.9. The Labute approximate surface area is 135 Å². The van der Waals surface area contributed by atoms with Gasteiger partial charge in [-0.1, -0.05) is 6.92 Å². The van der Waals surface area contributed by atoms with Crippen molar-refractivity contribution in [3.8, 4) is 11.4 Å². The third-order valence-corrected chi connectivity index (χ3v) is 4.05. The predicted molar refractivity (Wildman–Crippen MR) is 81.3 cm³/mol. The lowest BCUT2D eigenvalue weighted by Crippen LogP contribution is -2.36. The summed E-state index contributed by atoms with van der Waals surface area (Å²) in [5.74, 6) is -0.603. The van der Waals surface area contributed by atoms with Crippen LogP contribution < -0.4 is 11.1 Å². The number of rotatable bonds is 3. The topological polar surface area (TPSA) is 85.8 Å². The van der Waals surface area contributed by atoms with Gasteiger partial charge in [-0.25, -0.2) is 9.97 Å². The van der Waals surface area contributed by atoms with Crippen molar-refractivity contribution in [1.29, 1.82) is 0 Å². The van der Waals surface area contributed by atoms with Crippen molar-refractivity contribution in [1.82, 2.24) is 19.9 Å². The van der Waals surface area contributed by atoms with Gasteiger partial charge in [0.15, 0.2) is 0 Å². The number of amides is 1. The fraction of sp³-hybridized carbons (Fsp3) is 0.400. The molecule has 24 heavy (non-hydrogen) atoms. The molecule has 0 saturated carbocycles. The number of alkyl halides is 3. The van der Waals surface area contributed by atoms with Gasteiger partial charge in [0, 0.05) is 24.4 Å². The number of carbonyl (C=O) groups excluding carboxylic acids is 1. The number of hydrogen-bond donors (Lipinski definition) is 2. The van der Waals surface area contributed by atoms with Crippen LogP contribution in [0.25, 0.3) is 11.4 Å². The first kappa shape index (κ1) is 16.3. The van der Waals surface area contributed by atoms with Gasteiger partial charge in [-0.05, 0) is 18.6 Å². The molecule has 2 aromatic rings. The van der Waals surface area contributed by atoms with E-state index < -0.39 is 12.7 Å².